The summed E-state index contributed by atoms with van der Waals surface area (Å²) in [6.07, 6.45) is 1.74. The zero-order valence-electron chi connectivity index (χ0n) is 9.89. The minimum Gasteiger partial charge on any atom is -0.293 e. The Balaban J connectivity index is 2.01. The van der Waals surface area contributed by atoms with Crippen LogP contribution in [0, 0.1) is 6.92 Å². The maximum atomic E-state index is 12.0. The average molecular weight is 322 g/mol. The maximum absolute atomic E-state index is 12.0. The Bertz CT molecular complexity index is 554. The van der Waals surface area contributed by atoms with E-state index in [0.717, 1.165) is 20.6 Å². The van der Waals surface area contributed by atoms with Crippen LogP contribution in [0.2, 0.25) is 0 Å². The van der Waals surface area contributed by atoms with Crippen molar-refractivity contribution in [2.75, 3.05) is 5.75 Å². The molecule has 0 aliphatic rings. The number of aryl methyl sites for hydroxylation is 1. The molecular formula is C14H12BrNOS. The van der Waals surface area contributed by atoms with Crippen LogP contribution in [-0.2, 0) is 0 Å². The van der Waals surface area contributed by atoms with Crippen molar-refractivity contribution in [2.24, 2.45) is 0 Å². The highest BCUT2D eigenvalue weighted by Crippen LogP contribution is 2.19. The molecule has 0 aliphatic heterocycles. The summed E-state index contributed by atoms with van der Waals surface area (Å²) in [4.78, 5) is 16.3. The van der Waals surface area contributed by atoms with Crippen LogP contribution in [0.1, 0.15) is 15.9 Å². The fourth-order valence-electron chi connectivity index (χ4n) is 1.55. The second kappa shape index (κ2) is 6.16. The zero-order valence-corrected chi connectivity index (χ0v) is 12.3. The Morgan fingerprint density at radius 2 is 2.06 bits per heavy atom. The molecule has 0 fully saturated rings. The van der Waals surface area contributed by atoms with Gasteiger partial charge in [-0.05, 0) is 40.5 Å². The van der Waals surface area contributed by atoms with Crippen molar-refractivity contribution in [3.8, 4) is 0 Å². The van der Waals surface area contributed by atoms with E-state index in [9.17, 15) is 4.79 Å². The number of carbonyl (C=O) groups is 1. The topological polar surface area (TPSA) is 30.0 Å². The summed E-state index contributed by atoms with van der Waals surface area (Å²) in [7, 11) is 0. The van der Waals surface area contributed by atoms with Crippen LogP contribution in [0.25, 0.3) is 0 Å². The average Bonchev–Trinajstić information content (AvgIpc) is 2.38. The third-order valence-corrected chi connectivity index (χ3v) is 3.91. The Morgan fingerprint density at radius 3 is 2.72 bits per heavy atom. The maximum Gasteiger partial charge on any atom is 0.173 e. The Morgan fingerprint density at radius 1 is 1.28 bits per heavy atom. The van der Waals surface area contributed by atoms with Crippen LogP contribution >= 0.6 is 27.7 Å². The van der Waals surface area contributed by atoms with E-state index in [1.165, 1.54) is 11.8 Å². The van der Waals surface area contributed by atoms with Gasteiger partial charge in [-0.3, -0.25) is 4.79 Å². The molecule has 0 radical (unpaired) electrons. The number of aromatic nitrogens is 1. The van der Waals surface area contributed by atoms with Crippen LogP contribution in [-0.4, -0.2) is 16.5 Å². The number of thioether (sulfide) groups is 1. The molecule has 1 aromatic heterocycles. The van der Waals surface area contributed by atoms with Crippen LogP contribution in [0.3, 0.4) is 0 Å². The molecule has 0 unspecified atom stereocenters. The van der Waals surface area contributed by atoms with E-state index in [2.05, 4.69) is 20.9 Å². The molecule has 2 nitrogen and oxygen atoms in total. The van der Waals surface area contributed by atoms with Gasteiger partial charge in [-0.2, -0.15) is 0 Å². The van der Waals surface area contributed by atoms with Gasteiger partial charge >= 0.3 is 0 Å². The van der Waals surface area contributed by atoms with Gasteiger partial charge in [0.05, 0.1) is 10.8 Å². The first-order valence-electron chi connectivity index (χ1n) is 5.50. The number of nitrogens with zero attached hydrogens (tertiary/aromatic N) is 1. The molecule has 18 heavy (non-hydrogen) atoms. The van der Waals surface area contributed by atoms with E-state index >= 15 is 0 Å². The van der Waals surface area contributed by atoms with Gasteiger partial charge in [0.15, 0.2) is 5.78 Å². The lowest BCUT2D eigenvalue weighted by Crippen LogP contribution is -2.04. The van der Waals surface area contributed by atoms with E-state index < -0.39 is 0 Å². The molecule has 0 atom stereocenters. The standard InChI is InChI=1S/C14H12BrNOS/c1-10-4-2-3-5-12(10)13(17)9-18-14-7-6-11(15)8-16-14/h2-8H,9H2,1H3. The van der Waals surface area contributed by atoms with Gasteiger partial charge in [-0.25, -0.2) is 4.98 Å². The summed E-state index contributed by atoms with van der Waals surface area (Å²) in [6, 6.07) is 11.5. The van der Waals surface area contributed by atoms with E-state index in [0.29, 0.717) is 5.75 Å². The second-order valence-corrected chi connectivity index (χ2v) is 5.75. The lowest BCUT2D eigenvalue weighted by molar-refractivity contribution is 0.102. The van der Waals surface area contributed by atoms with Crippen LogP contribution in [0.4, 0.5) is 0 Å². The van der Waals surface area contributed by atoms with Gasteiger partial charge in [-0.1, -0.05) is 36.0 Å². The Hall–Kier alpha value is -1.13. The smallest absolute Gasteiger partial charge is 0.173 e. The summed E-state index contributed by atoms with van der Waals surface area (Å²) >= 11 is 4.79. The lowest BCUT2D eigenvalue weighted by Gasteiger charge is -2.04. The number of benzene rings is 1. The molecule has 0 amide bonds. The number of pyridine rings is 1. The fraction of sp³-hybridized carbons (Fsp3) is 0.143. The number of rotatable bonds is 4. The fourth-order valence-corrected chi connectivity index (χ4v) is 2.51. The molecule has 2 aromatic rings. The first-order chi connectivity index (χ1) is 8.66. The SMILES string of the molecule is Cc1ccccc1C(=O)CSc1ccc(Br)cn1. The molecule has 0 bridgehead atoms. The normalized spacial score (nSPS) is 10.3. The third-order valence-electron chi connectivity index (χ3n) is 2.50. The molecule has 0 saturated heterocycles. The molecule has 1 aromatic carbocycles. The van der Waals surface area contributed by atoms with Crippen LogP contribution < -0.4 is 0 Å². The quantitative estimate of drug-likeness (QED) is 0.626. The van der Waals surface area contributed by atoms with Gasteiger partial charge in [0, 0.05) is 16.2 Å². The van der Waals surface area contributed by atoms with Crippen molar-refractivity contribution in [1.29, 1.82) is 0 Å². The van der Waals surface area contributed by atoms with E-state index in [4.69, 9.17) is 0 Å². The van der Waals surface area contributed by atoms with E-state index in [1.807, 2.05) is 43.3 Å². The molecule has 0 saturated carbocycles. The Kier molecular flexibility index (Phi) is 4.55. The van der Waals surface area contributed by atoms with Crippen molar-refractivity contribution >= 4 is 33.5 Å². The number of halogens is 1. The van der Waals surface area contributed by atoms with Crippen molar-refractivity contribution in [1.82, 2.24) is 4.98 Å². The molecule has 0 spiro atoms. The minimum absolute atomic E-state index is 0.141. The summed E-state index contributed by atoms with van der Waals surface area (Å²) in [5.41, 5.74) is 1.81. The molecule has 92 valence electrons. The van der Waals surface area contributed by atoms with Gasteiger partial charge in [0.25, 0.3) is 0 Å². The summed E-state index contributed by atoms with van der Waals surface area (Å²) in [6.45, 7) is 1.95. The van der Waals surface area contributed by atoms with Crippen molar-refractivity contribution in [3.63, 3.8) is 0 Å². The highest BCUT2D eigenvalue weighted by atomic mass is 79.9. The van der Waals surface area contributed by atoms with E-state index in [1.54, 1.807) is 6.20 Å². The Labute approximate surface area is 119 Å². The molecule has 0 aliphatic carbocycles. The van der Waals surface area contributed by atoms with Crippen LogP contribution in [0.5, 0.6) is 0 Å². The summed E-state index contributed by atoms with van der Waals surface area (Å²) in [5, 5.41) is 0.861. The van der Waals surface area contributed by atoms with Crippen molar-refractivity contribution in [2.45, 2.75) is 11.9 Å². The molecule has 2 rings (SSSR count). The highest BCUT2D eigenvalue weighted by Gasteiger charge is 2.09. The van der Waals surface area contributed by atoms with Crippen LogP contribution in [0.15, 0.2) is 52.1 Å². The number of Topliss-reactive ketones (excluding diaryl/α,β-unsaturated/α-hetero) is 1. The lowest BCUT2D eigenvalue weighted by atomic mass is 10.1. The molecular weight excluding hydrogens is 310 g/mol. The largest absolute Gasteiger partial charge is 0.293 e. The highest BCUT2D eigenvalue weighted by molar-refractivity contribution is 9.10. The molecule has 1 heterocycles. The van der Waals surface area contributed by atoms with Gasteiger partial charge in [-0.15, -0.1) is 0 Å². The molecule has 4 heteroatoms. The van der Waals surface area contributed by atoms with Gasteiger partial charge in [0.2, 0.25) is 0 Å². The van der Waals surface area contributed by atoms with E-state index in [-0.39, 0.29) is 5.78 Å². The third kappa shape index (κ3) is 3.43. The van der Waals surface area contributed by atoms with Gasteiger partial charge < -0.3 is 0 Å². The first-order valence-corrected chi connectivity index (χ1v) is 7.28. The van der Waals surface area contributed by atoms with Gasteiger partial charge in [0.1, 0.15) is 0 Å². The molecule has 0 N–H and O–H groups in total. The second-order valence-electron chi connectivity index (χ2n) is 3.84. The number of carbonyl (C=O) groups excluding carboxylic acids is 1. The summed E-state index contributed by atoms with van der Waals surface area (Å²) < 4.78 is 0.942. The predicted molar refractivity (Wildman–Crippen MR) is 78.2 cm³/mol. The first kappa shape index (κ1) is 13.3. The zero-order chi connectivity index (χ0) is 13.0. The predicted octanol–water partition coefficient (Wildman–Crippen LogP) is 4.13. The summed E-state index contributed by atoms with van der Waals surface area (Å²) in [5.74, 6) is 0.558. The number of ketones is 1. The number of hydrogen-bond acceptors (Lipinski definition) is 3. The number of hydrogen-bond donors (Lipinski definition) is 0. The van der Waals surface area contributed by atoms with Crippen molar-refractivity contribution < 1.29 is 4.79 Å². The minimum atomic E-state index is 0.141. The monoisotopic (exact) mass is 321 g/mol. The van der Waals surface area contributed by atoms with Crippen molar-refractivity contribution in [3.05, 3.63) is 58.2 Å².